The van der Waals surface area contributed by atoms with Crippen molar-refractivity contribution in [1.82, 2.24) is 0 Å². The van der Waals surface area contributed by atoms with Crippen LogP contribution in [-0.4, -0.2) is 43.7 Å². The lowest BCUT2D eigenvalue weighted by molar-refractivity contribution is 0.316. The molecule has 0 amide bonds. The lowest BCUT2D eigenvalue weighted by Crippen LogP contribution is -2.32. The Morgan fingerprint density at radius 3 is 2.58 bits per heavy atom. The predicted octanol–water partition coefficient (Wildman–Crippen LogP) is -0.291. The van der Waals surface area contributed by atoms with E-state index < -0.39 is 22.8 Å². The second-order valence-corrected chi connectivity index (χ2v) is 6.47. The SMILES string of the molecule is CCS(=O)(=O)CCCOc1ccc(B(O)O)c(F)c1. The summed E-state index contributed by atoms with van der Waals surface area (Å²) in [5.74, 6) is -0.450. The third-order valence-electron chi connectivity index (χ3n) is 2.56. The topological polar surface area (TPSA) is 83.8 Å². The van der Waals surface area contributed by atoms with Gasteiger partial charge in [-0.05, 0) is 12.5 Å². The van der Waals surface area contributed by atoms with Gasteiger partial charge in [-0.1, -0.05) is 13.0 Å². The van der Waals surface area contributed by atoms with Crippen molar-refractivity contribution in [3.63, 3.8) is 0 Å². The fraction of sp³-hybridized carbons (Fsp3) is 0.455. The Morgan fingerprint density at radius 2 is 2.05 bits per heavy atom. The van der Waals surface area contributed by atoms with E-state index in [4.69, 9.17) is 14.8 Å². The van der Waals surface area contributed by atoms with Gasteiger partial charge in [-0.3, -0.25) is 0 Å². The van der Waals surface area contributed by atoms with Crippen LogP contribution in [0.2, 0.25) is 0 Å². The zero-order valence-corrected chi connectivity index (χ0v) is 11.4. The Morgan fingerprint density at radius 1 is 1.37 bits per heavy atom. The average Bonchev–Trinajstić information content (AvgIpc) is 2.34. The summed E-state index contributed by atoms with van der Waals surface area (Å²) in [5, 5.41) is 17.7. The van der Waals surface area contributed by atoms with Crippen LogP contribution in [0.25, 0.3) is 0 Å². The minimum absolute atomic E-state index is 0.0272. The standard InChI is InChI=1S/C11H16BFO5S/c1-2-19(16,17)7-3-6-18-9-4-5-10(12(14)15)11(13)8-9/h4-5,8,14-15H,2-3,6-7H2,1H3. The molecule has 2 N–H and O–H groups in total. The number of hydrogen-bond acceptors (Lipinski definition) is 5. The van der Waals surface area contributed by atoms with Crippen LogP contribution >= 0.6 is 0 Å². The Labute approximate surface area is 112 Å². The van der Waals surface area contributed by atoms with Gasteiger partial charge in [0, 0.05) is 17.3 Å². The van der Waals surface area contributed by atoms with Gasteiger partial charge in [0.05, 0.1) is 12.4 Å². The highest BCUT2D eigenvalue weighted by Gasteiger charge is 2.16. The van der Waals surface area contributed by atoms with Crippen LogP contribution in [0.3, 0.4) is 0 Å². The number of benzene rings is 1. The third kappa shape index (κ3) is 5.18. The lowest BCUT2D eigenvalue weighted by atomic mass is 9.80. The molecule has 5 nitrogen and oxygen atoms in total. The zero-order chi connectivity index (χ0) is 14.5. The van der Waals surface area contributed by atoms with Gasteiger partial charge >= 0.3 is 7.12 Å². The van der Waals surface area contributed by atoms with Gasteiger partial charge in [-0.2, -0.15) is 0 Å². The second-order valence-electron chi connectivity index (χ2n) is 4.00. The second kappa shape index (κ2) is 6.88. The fourth-order valence-electron chi connectivity index (χ4n) is 1.42. The molecule has 106 valence electrons. The quantitative estimate of drug-likeness (QED) is 0.532. The molecule has 0 aliphatic heterocycles. The molecule has 1 rings (SSSR count). The first-order chi connectivity index (χ1) is 8.85. The summed E-state index contributed by atoms with van der Waals surface area (Å²) < 4.78 is 41.0. The van der Waals surface area contributed by atoms with Crippen LogP contribution in [-0.2, 0) is 9.84 Å². The van der Waals surface area contributed by atoms with Crippen molar-refractivity contribution >= 4 is 22.4 Å². The van der Waals surface area contributed by atoms with E-state index in [0.29, 0.717) is 6.42 Å². The third-order valence-corrected chi connectivity index (χ3v) is 4.35. The van der Waals surface area contributed by atoms with Crippen LogP contribution in [0, 0.1) is 5.82 Å². The molecule has 0 radical (unpaired) electrons. The molecule has 0 fully saturated rings. The van der Waals surface area contributed by atoms with E-state index >= 15 is 0 Å². The largest absolute Gasteiger partial charge is 0.493 e. The fourth-order valence-corrected chi connectivity index (χ4v) is 2.27. The lowest BCUT2D eigenvalue weighted by Gasteiger charge is -2.08. The molecule has 0 saturated heterocycles. The van der Waals surface area contributed by atoms with Crippen LogP contribution in [0.5, 0.6) is 5.75 Å². The van der Waals surface area contributed by atoms with Crippen molar-refractivity contribution in [3.8, 4) is 5.75 Å². The molecular formula is C11H16BFO5S. The van der Waals surface area contributed by atoms with Gasteiger partial charge in [0.1, 0.15) is 21.4 Å². The maximum absolute atomic E-state index is 13.4. The molecule has 0 aliphatic rings. The zero-order valence-electron chi connectivity index (χ0n) is 10.5. The van der Waals surface area contributed by atoms with E-state index in [-0.39, 0.29) is 29.3 Å². The van der Waals surface area contributed by atoms with E-state index in [0.717, 1.165) is 6.07 Å². The summed E-state index contributed by atoms with van der Waals surface area (Å²) in [6.45, 7) is 1.73. The molecule has 0 bridgehead atoms. The average molecular weight is 290 g/mol. The number of rotatable bonds is 7. The first-order valence-corrected chi connectivity index (χ1v) is 7.66. The molecule has 1 aromatic carbocycles. The van der Waals surface area contributed by atoms with Gasteiger partial charge in [-0.15, -0.1) is 0 Å². The predicted molar refractivity (Wildman–Crippen MR) is 70.7 cm³/mol. The smallest absolute Gasteiger partial charge is 0.491 e. The summed E-state index contributed by atoms with van der Waals surface area (Å²) in [6, 6.07) is 3.63. The van der Waals surface area contributed by atoms with Crippen LogP contribution < -0.4 is 10.2 Å². The normalized spacial score (nSPS) is 11.4. The van der Waals surface area contributed by atoms with Gasteiger partial charge in [0.25, 0.3) is 0 Å². The maximum Gasteiger partial charge on any atom is 0.491 e. The first-order valence-electron chi connectivity index (χ1n) is 5.84. The van der Waals surface area contributed by atoms with Crippen molar-refractivity contribution in [2.75, 3.05) is 18.1 Å². The molecule has 19 heavy (non-hydrogen) atoms. The number of sulfone groups is 1. The molecule has 0 saturated carbocycles. The Kier molecular flexibility index (Phi) is 5.77. The monoisotopic (exact) mass is 290 g/mol. The summed E-state index contributed by atoms with van der Waals surface area (Å²) in [4.78, 5) is 0. The van der Waals surface area contributed by atoms with Crippen molar-refractivity contribution in [2.45, 2.75) is 13.3 Å². The molecular weight excluding hydrogens is 274 g/mol. The highest BCUT2D eigenvalue weighted by Crippen LogP contribution is 2.11. The Bertz CT molecular complexity index is 518. The summed E-state index contributed by atoms with van der Waals surface area (Å²) in [6.07, 6.45) is 0.322. The van der Waals surface area contributed by atoms with Crippen molar-refractivity contribution in [1.29, 1.82) is 0 Å². The highest BCUT2D eigenvalue weighted by molar-refractivity contribution is 7.91. The minimum Gasteiger partial charge on any atom is -0.493 e. The van der Waals surface area contributed by atoms with Crippen LogP contribution in [0.4, 0.5) is 4.39 Å². The summed E-state index contributed by atoms with van der Waals surface area (Å²) in [7, 11) is -4.89. The molecule has 0 heterocycles. The van der Waals surface area contributed by atoms with E-state index in [1.54, 1.807) is 6.92 Å². The highest BCUT2D eigenvalue weighted by atomic mass is 32.2. The molecule has 8 heteroatoms. The van der Waals surface area contributed by atoms with Gasteiger partial charge in [0.15, 0.2) is 0 Å². The van der Waals surface area contributed by atoms with E-state index in [1.807, 2.05) is 0 Å². The van der Waals surface area contributed by atoms with Crippen molar-refractivity contribution < 1.29 is 27.6 Å². The van der Waals surface area contributed by atoms with E-state index in [1.165, 1.54) is 12.1 Å². The van der Waals surface area contributed by atoms with Gasteiger partial charge in [0.2, 0.25) is 0 Å². The molecule has 0 unspecified atom stereocenters. The summed E-state index contributed by atoms with van der Waals surface area (Å²) >= 11 is 0. The molecule has 0 atom stereocenters. The maximum atomic E-state index is 13.4. The molecule has 0 aromatic heterocycles. The molecule has 1 aromatic rings. The number of ether oxygens (including phenoxy) is 1. The first kappa shape index (κ1) is 15.9. The van der Waals surface area contributed by atoms with Gasteiger partial charge < -0.3 is 14.8 Å². The summed E-state index contributed by atoms with van der Waals surface area (Å²) in [5.41, 5.74) is -0.235. The molecule has 0 spiro atoms. The van der Waals surface area contributed by atoms with E-state index in [2.05, 4.69) is 0 Å². The van der Waals surface area contributed by atoms with Gasteiger partial charge in [-0.25, -0.2) is 12.8 Å². The molecule has 0 aliphatic carbocycles. The Hall–Kier alpha value is -1.12. The van der Waals surface area contributed by atoms with Crippen molar-refractivity contribution in [2.24, 2.45) is 0 Å². The van der Waals surface area contributed by atoms with Crippen LogP contribution in [0.15, 0.2) is 18.2 Å². The Balaban J connectivity index is 2.49. The van der Waals surface area contributed by atoms with Crippen molar-refractivity contribution in [3.05, 3.63) is 24.0 Å². The number of hydrogen-bond donors (Lipinski definition) is 2. The minimum atomic E-state index is -3.02. The van der Waals surface area contributed by atoms with Crippen LogP contribution in [0.1, 0.15) is 13.3 Å². The van der Waals surface area contributed by atoms with E-state index in [9.17, 15) is 12.8 Å². The number of halogens is 1.